The van der Waals surface area contributed by atoms with Gasteiger partial charge >= 0.3 is 12.2 Å². The maximum Gasteiger partial charge on any atom is 0.416 e. The van der Waals surface area contributed by atoms with Crippen LogP contribution in [0.1, 0.15) is 54.9 Å². The number of morpholine rings is 1. The number of carbonyl (C=O) groups excluding carboxylic acids is 3. The van der Waals surface area contributed by atoms with Crippen molar-refractivity contribution >= 4 is 23.5 Å². The largest absolute Gasteiger partial charge is 0.416 e. The van der Waals surface area contributed by atoms with E-state index in [1.807, 2.05) is 0 Å². The van der Waals surface area contributed by atoms with Crippen LogP contribution in [-0.4, -0.2) is 67.7 Å². The number of nitrogens with zero attached hydrogens (tertiary/aromatic N) is 1. The Morgan fingerprint density at radius 1 is 1.17 bits per heavy atom. The highest BCUT2D eigenvalue weighted by atomic mass is 19.4. The van der Waals surface area contributed by atoms with Crippen molar-refractivity contribution in [2.75, 3.05) is 38.2 Å². The summed E-state index contributed by atoms with van der Waals surface area (Å²) in [7, 11) is 0. The predicted octanol–water partition coefficient (Wildman–Crippen LogP) is 2.71. The van der Waals surface area contributed by atoms with E-state index in [4.69, 9.17) is 10.5 Å². The van der Waals surface area contributed by atoms with Crippen molar-refractivity contribution in [2.24, 2.45) is 11.7 Å². The first-order valence-corrected chi connectivity index (χ1v) is 12.3. The predicted molar refractivity (Wildman–Crippen MR) is 127 cm³/mol. The molecule has 1 aliphatic heterocycles. The van der Waals surface area contributed by atoms with Gasteiger partial charge in [-0.05, 0) is 49.8 Å². The van der Waals surface area contributed by atoms with Gasteiger partial charge in [0, 0.05) is 25.2 Å². The van der Waals surface area contributed by atoms with Gasteiger partial charge in [-0.15, -0.1) is 0 Å². The highest BCUT2D eigenvalue weighted by molar-refractivity contribution is 6.04. The molecule has 4 amide bonds. The Morgan fingerprint density at radius 2 is 1.89 bits per heavy atom. The number of urea groups is 1. The molecule has 1 aromatic carbocycles. The van der Waals surface area contributed by atoms with Crippen LogP contribution in [0.4, 0.5) is 23.7 Å². The molecule has 200 valence electrons. The van der Waals surface area contributed by atoms with E-state index in [2.05, 4.69) is 22.9 Å². The summed E-state index contributed by atoms with van der Waals surface area (Å²) in [5.74, 6) is -1.09. The Bertz CT molecular complexity index is 937. The molecule has 2 fully saturated rings. The molecule has 0 unspecified atom stereocenters. The van der Waals surface area contributed by atoms with E-state index < -0.39 is 36.1 Å². The highest BCUT2D eigenvalue weighted by Crippen LogP contribution is 2.32. The molecule has 12 heteroatoms. The lowest BCUT2D eigenvalue weighted by atomic mass is 9.79. The summed E-state index contributed by atoms with van der Waals surface area (Å²) >= 11 is 0. The second-order valence-corrected chi connectivity index (χ2v) is 9.27. The van der Waals surface area contributed by atoms with Gasteiger partial charge in [-0.1, -0.05) is 13.3 Å². The van der Waals surface area contributed by atoms with Crippen molar-refractivity contribution in [2.45, 2.75) is 57.3 Å². The third-order valence-corrected chi connectivity index (χ3v) is 6.57. The van der Waals surface area contributed by atoms with Gasteiger partial charge in [0.15, 0.2) is 0 Å². The van der Waals surface area contributed by atoms with Crippen LogP contribution < -0.4 is 21.7 Å². The van der Waals surface area contributed by atoms with Gasteiger partial charge in [-0.25, -0.2) is 4.79 Å². The maximum absolute atomic E-state index is 13.3. The number of rotatable bonds is 7. The van der Waals surface area contributed by atoms with Gasteiger partial charge in [0.05, 0.1) is 36.6 Å². The summed E-state index contributed by atoms with van der Waals surface area (Å²) in [6.07, 6.45) is -0.488. The summed E-state index contributed by atoms with van der Waals surface area (Å²) in [6.45, 7) is 2.97. The molecule has 36 heavy (non-hydrogen) atoms. The number of amides is 4. The Hall–Kier alpha value is -2.86. The van der Waals surface area contributed by atoms with E-state index in [1.165, 1.54) is 4.90 Å². The van der Waals surface area contributed by atoms with Crippen molar-refractivity contribution in [3.8, 4) is 0 Å². The number of nitrogens with one attached hydrogen (secondary N) is 3. The molecule has 1 aliphatic carbocycles. The van der Waals surface area contributed by atoms with Gasteiger partial charge in [-0.2, -0.15) is 13.2 Å². The number of ether oxygens (including phenoxy) is 1. The van der Waals surface area contributed by atoms with Gasteiger partial charge < -0.3 is 31.3 Å². The van der Waals surface area contributed by atoms with E-state index in [1.54, 1.807) is 0 Å². The van der Waals surface area contributed by atoms with Gasteiger partial charge in [0.2, 0.25) is 5.91 Å². The number of nitrogens with two attached hydrogens (primary N) is 1. The van der Waals surface area contributed by atoms with Crippen molar-refractivity contribution in [1.82, 2.24) is 15.5 Å². The zero-order valence-electron chi connectivity index (χ0n) is 20.3. The molecule has 0 radical (unpaired) electrons. The van der Waals surface area contributed by atoms with Gasteiger partial charge in [0.1, 0.15) is 0 Å². The molecule has 3 atom stereocenters. The molecule has 0 spiro atoms. The van der Waals surface area contributed by atoms with Crippen LogP contribution in [0.15, 0.2) is 18.2 Å². The molecule has 0 aromatic heterocycles. The molecule has 1 aromatic rings. The number of benzene rings is 1. The number of anilines is 1. The van der Waals surface area contributed by atoms with Crippen LogP contribution in [0.5, 0.6) is 0 Å². The normalized spacial score (nSPS) is 22.6. The number of hydrogen-bond acceptors (Lipinski definition) is 5. The van der Waals surface area contributed by atoms with Crippen LogP contribution in [0.3, 0.4) is 0 Å². The van der Waals surface area contributed by atoms with Crippen molar-refractivity contribution < 1.29 is 32.3 Å². The first-order chi connectivity index (χ1) is 17.1. The summed E-state index contributed by atoms with van der Waals surface area (Å²) in [5.41, 5.74) is 4.56. The number of carbonyl (C=O) groups is 3. The van der Waals surface area contributed by atoms with Gasteiger partial charge in [0.25, 0.3) is 5.91 Å². The highest BCUT2D eigenvalue weighted by Gasteiger charge is 2.33. The Balaban J connectivity index is 1.67. The molecule has 3 rings (SSSR count). The van der Waals surface area contributed by atoms with Crippen molar-refractivity contribution in [1.29, 1.82) is 0 Å². The van der Waals surface area contributed by atoms with Gasteiger partial charge in [-0.3, -0.25) is 9.59 Å². The monoisotopic (exact) mass is 513 g/mol. The minimum Gasteiger partial charge on any atom is -0.378 e. The molecule has 1 saturated carbocycles. The minimum atomic E-state index is -4.69. The lowest BCUT2D eigenvalue weighted by Crippen LogP contribution is -2.49. The summed E-state index contributed by atoms with van der Waals surface area (Å²) in [6, 6.07) is 1.98. The molecule has 0 bridgehead atoms. The molecule has 5 N–H and O–H groups in total. The van der Waals surface area contributed by atoms with Crippen LogP contribution in [0.2, 0.25) is 0 Å². The third-order valence-electron chi connectivity index (χ3n) is 6.57. The Morgan fingerprint density at radius 3 is 2.56 bits per heavy atom. The second kappa shape index (κ2) is 12.4. The number of halogens is 3. The Labute approximate surface area is 208 Å². The van der Waals surface area contributed by atoms with E-state index >= 15 is 0 Å². The zero-order valence-corrected chi connectivity index (χ0v) is 20.3. The first kappa shape index (κ1) is 27.7. The topological polar surface area (TPSA) is 126 Å². The molecular formula is C24H34F3N5O4. The minimum absolute atomic E-state index is 0.0638. The fourth-order valence-electron chi connectivity index (χ4n) is 4.67. The SMILES string of the molecule is CCC[C@H]1C[C@H](N)CC[C@@H]1NC(=O)CNC(=O)c1cc(C(F)(F)F)ccc1NC(=O)N1CCOCC1. The summed E-state index contributed by atoms with van der Waals surface area (Å²) < 4.78 is 45.1. The summed E-state index contributed by atoms with van der Waals surface area (Å²) in [5, 5.41) is 7.82. The van der Waals surface area contributed by atoms with Crippen LogP contribution in [0.25, 0.3) is 0 Å². The molecular weight excluding hydrogens is 479 g/mol. The molecule has 1 saturated heterocycles. The Kier molecular flexibility index (Phi) is 9.55. The molecule has 2 aliphatic rings. The summed E-state index contributed by atoms with van der Waals surface area (Å²) in [4.78, 5) is 39.4. The molecule has 1 heterocycles. The van der Waals surface area contributed by atoms with Crippen LogP contribution in [0, 0.1) is 5.92 Å². The lowest BCUT2D eigenvalue weighted by molar-refractivity contribution is -0.137. The average molecular weight is 514 g/mol. The fourth-order valence-corrected chi connectivity index (χ4v) is 4.67. The third kappa shape index (κ3) is 7.57. The van der Waals surface area contributed by atoms with Crippen molar-refractivity contribution in [3.05, 3.63) is 29.3 Å². The quantitative estimate of drug-likeness (QED) is 0.446. The smallest absolute Gasteiger partial charge is 0.378 e. The van der Waals surface area contributed by atoms with Crippen LogP contribution >= 0.6 is 0 Å². The van der Waals surface area contributed by atoms with Crippen LogP contribution in [-0.2, 0) is 15.7 Å². The van der Waals surface area contributed by atoms with E-state index in [-0.39, 0.29) is 29.3 Å². The van der Waals surface area contributed by atoms with E-state index in [0.29, 0.717) is 32.4 Å². The lowest BCUT2D eigenvalue weighted by Gasteiger charge is -2.35. The fraction of sp³-hybridized carbons (Fsp3) is 0.625. The second-order valence-electron chi connectivity index (χ2n) is 9.27. The maximum atomic E-state index is 13.3. The van der Waals surface area contributed by atoms with Crippen molar-refractivity contribution in [3.63, 3.8) is 0 Å². The van der Waals surface area contributed by atoms with E-state index in [9.17, 15) is 27.6 Å². The first-order valence-electron chi connectivity index (χ1n) is 12.3. The number of hydrogen-bond donors (Lipinski definition) is 4. The number of alkyl halides is 3. The zero-order chi connectivity index (χ0) is 26.3. The standard InChI is InChI=1S/C24H34F3N5O4/c1-2-3-15-12-17(28)5-7-19(15)30-21(33)14-29-22(34)18-13-16(24(25,26)27)4-6-20(18)31-23(35)32-8-10-36-11-9-32/h4,6,13,15,17,19H,2-3,5,7-12,14,28H2,1H3,(H,29,34)(H,30,33)(H,31,35)/t15-,17+,19-/m0/s1. The molecule has 9 nitrogen and oxygen atoms in total. The average Bonchev–Trinajstić information content (AvgIpc) is 2.84. The van der Waals surface area contributed by atoms with E-state index in [0.717, 1.165) is 44.2 Å².